The molecule has 4 aromatic carbocycles. The molecule has 0 atom stereocenters. The first-order valence-electron chi connectivity index (χ1n) is 13.3. The maximum absolute atomic E-state index is 13.9. The van der Waals surface area contributed by atoms with Crippen molar-refractivity contribution in [2.45, 2.75) is 16.0 Å². The highest BCUT2D eigenvalue weighted by Gasteiger charge is 2.34. The van der Waals surface area contributed by atoms with E-state index in [1.54, 1.807) is 36.4 Å². The van der Waals surface area contributed by atoms with E-state index in [0.717, 1.165) is 4.47 Å². The standard InChI is InChI=1S/C32H27BrClN3O3S/c33-25-15-17-26(18-16-25)41(38,39)31-32(40-30(35-31)27-13-7-8-14-28(27)34)37-21-19-36(20-22-37)29(23-9-3-1-4-10-23)24-11-5-2-6-12-24/h1-18,29H,19-22H2. The van der Waals surface area contributed by atoms with Crippen LogP contribution in [0.15, 0.2) is 128 Å². The van der Waals surface area contributed by atoms with Crippen molar-refractivity contribution in [1.29, 1.82) is 0 Å². The molecule has 0 radical (unpaired) electrons. The van der Waals surface area contributed by atoms with E-state index in [-0.39, 0.29) is 27.7 Å². The van der Waals surface area contributed by atoms with Gasteiger partial charge in [0.1, 0.15) is 0 Å². The topological polar surface area (TPSA) is 66.7 Å². The number of hydrogen-bond donors (Lipinski definition) is 0. The van der Waals surface area contributed by atoms with Gasteiger partial charge in [-0.2, -0.15) is 4.98 Å². The molecular weight excluding hydrogens is 622 g/mol. The predicted molar refractivity (Wildman–Crippen MR) is 165 cm³/mol. The van der Waals surface area contributed by atoms with E-state index >= 15 is 0 Å². The number of anilines is 1. The van der Waals surface area contributed by atoms with Gasteiger partial charge in [0.05, 0.1) is 21.5 Å². The molecule has 0 aliphatic carbocycles. The molecule has 6 nitrogen and oxygen atoms in total. The van der Waals surface area contributed by atoms with Gasteiger partial charge in [0.15, 0.2) is 0 Å². The molecule has 0 spiro atoms. The molecule has 41 heavy (non-hydrogen) atoms. The number of piperazine rings is 1. The molecule has 0 bridgehead atoms. The molecule has 5 aromatic rings. The third-order valence-corrected chi connectivity index (χ3v) is 9.79. The fourth-order valence-corrected chi connectivity index (χ4v) is 7.02. The Labute approximate surface area is 253 Å². The molecule has 0 saturated carbocycles. The summed E-state index contributed by atoms with van der Waals surface area (Å²) in [4.78, 5) is 9.08. The van der Waals surface area contributed by atoms with Crippen LogP contribution in [0.5, 0.6) is 0 Å². The minimum absolute atomic E-state index is 0.0823. The summed E-state index contributed by atoms with van der Waals surface area (Å²) in [6, 6.07) is 34.7. The van der Waals surface area contributed by atoms with Crippen molar-refractivity contribution in [3.8, 4) is 11.5 Å². The highest BCUT2D eigenvalue weighted by Crippen LogP contribution is 2.38. The summed E-state index contributed by atoms with van der Waals surface area (Å²) in [6.45, 7) is 2.54. The lowest BCUT2D eigenvalue weighted by atomic mass is 9.96. The van der Waals surface area contributed by atoms with Crippen molar-refractivity contribution >= 4 is 43.3 Å². The van der Waals surface area contributed by atoms with Crippen LogP contribution in [0, 0.1) is 0 Å². The number of hydrogen-bond acceptors (Lipinski definition) is 6. The molecule has 1 fully saturated rings. The summed E-state index contributed by atoms with van der Waals surface area (Å²) in [7, 11) is -3.98. The SMILES string of the molecule is O=S(=O)(c1ccc(Br)cc1)c1nc(-c2ccccc2Cl)oc1N1CCN(C(c2ccccc2)c2ccccc2)CC1. The van der Waals surface area contributed by atoms with Crippen LogP contribution in [0.2, 0.25) is 5.02 Å². The van der Waals surface area contributed by atoms with Crippen molar-refractivity contribution in [1.82, 2.24) is 9.88 Å². The second-order valence-electron chi connectivity index (χ2n) is 9.81. The number of nitrogens with zero attached hydrogens (tertiary/aromatic N) is 3. The summed E-state index contributed by atoms with van der Waals surface area (Å²) in [5.41, 5.74) is 2.97. The molecule has 9 heteroatoms. The molecule has 2 heterocycles. The van der Waals surface area contributed by atoms with Crippen molar-refractivity contribution in [3.63, 3.8) is 0 Å². The van der Waals surface area contributed by atoms with Crippen LogP contribution in [0.25, 0.3) is 11.5 Å². The zero-order valence-corrected chi connectivity index (χ0v) is 25.2. The van der Waals surface area contributed by atoms with Gasteiger partial charge < -0.3 is 9.32 Å². The number of oxazole rings is 1. The Hall–Kier alpha value is -3.43. The van der Waals surface area contributed by atoms with E-state index in [9.17, 15) is 8.42 Å². The molecule has 0 unspecified atom stereocenters. The molecular formula is C32H27BrClN3O3S. The summed E-state index contributed by atoms with van der Waals surface area (Å²) in [6.07, 6.45) is 0. The minimum atomic E-state index is -3.98. The maximum Gasteiger partial charge on any atom is 0.236 e. The fraction of sp³-hybridized carbons (Fsp3) is 0.156. The molecule has 1 aliphatic heterocycles. The molecule has 1 saturated heterocycles. The number of benzene rings is 4. The lowest BCUT2D eigenvalue weighted by Crippen LogP contribution is -2.48. The van der Waals surface area contributed by atoms with Crippen molar-refractivity contribution in [2.24, 2.45) is 0 Å². The highest BCUT2D eigenvalue weighted by atomic mass is 79.9. The van der Waals surface area contributed by atoms with E-state index in [2.05, 4.69) is 74.3 Å². The molecule has 1 aromatic heterocycles. The predicted octanol–water partition coefficient (Wildman–Crippen LogP) is 7.50. The molecule has 1 aliphatic rings. The van der Waals surface area contributed by atoms with Gasteiger partial charge in [0, 0.05) is 30.7 Å². The van der Waals surface area contributed by atoms with Gasteiger partial charge in [0.25, 0.3) is 0 Å². The van der Waals surface area contributed by atoms with Crippen molar-refractivity contribution < 1.29 is 12.8 Å². The van der Waals surface area contributed by atoms with Crippen LogP contribution < -0.4 is 4.90 Å². The Morgan fingerprint density at radius 1 is 0.756 bits per heavy atom. The van der Waals surface area contributed by atoms with E-state index in [0.29, 0.717) is 36.8 Å². The van der Waals surface area contributed by atoms with E-state index < -0.39 is 9.84 Å². The van der Waals surface area contributed by atoms with Gasteiger partial charge in [0.2, 0.25) is 26.6 Å². The van der Waals surface area contributed by atoms with Gasteiger partial charge in [-0.05, 0) is 47.5 Å². The van der Waals surface area contributed by atoms with Gasteiger partial charge >= 0.3 is 0 Å². The number of halogens is 2. The van der Waals surface area contributed by atoms with Gasteiger partial charge in [-0.15, -0.1) is 0 Å². The Bertz CT molecular complexity index is 1700. The fourth-order valence-electron chi connectivity index (χ4n) is 5.22. The van der Waals surface area contributed by atoms with Crippen LogP contribution in [-0.2, 0) is 9.84 Å². The molecule has 208 valence electrons. The quantitative estimate of drug-likeness (QED) is 0.182. The normalized spacial score (nSPS) is 14.5. The smallest absolute Gasteiger partial charge is 0.236 e. The van der Waals surface area contributed by atoms with Crippen LogP contribution >= 0.6 is 27.5 Å². The Kier molecular flexibility index (Phi) is 7.99. The number of sulfone groups is 1. The van der Waals surface area contributed by atoms with E-state index in [1.807, 2.05) is 29.2 Å². The Balaban J connectivity index is 1.35. The number of rotatable bonds is 7. The third-order valence-electron chi connectivity index (χ3n) is 7.26. The summed E-state index contributed by atoms with van der Waals surface area (Å²) in [5, 5.41) is 0.331. The lowest BCUT2D eigenvalue weighted by Gasteiger charge is -2.39. The average molecular weight is 649 g/mol. The summed E-state index contributed by atoms with van der Waals surface area (Å²) < 4.78 is 34.8. The average Bonchev–Trinajstić information content (AvgIpc) is 3.46. The monoisotopic (exact) mass is 647 g/mol. The zero-order valence-electron chi connectivity index (χ0n) is 22.0. The van der Waals surface area contributed by atoms with Gasteiger partial charge in [-0.3, -0.25) is 4.90 Å². The maximum atomic E-state index is 13.9. The van der Waals surface area contributed by atoms with Crippen LogP contribution in [0.3, 0.4) is 0 Å². The highest BCUT2D eigenvalue weighted by molar-refractivity contribution is 9.10. The summed E-state index contributed by atoms with van der Waals surface area (Å²) in [5.74, 6) is 0.411. The van der Waals surface area contributed by atoms with Crippen LogP contribution in [0.4, 0.5) is 5.88 Å². The van der Waals surface area contributed by atoms with Gasteiger partial charge in [-0.25, -0.2) is 8.42 Å². The molecule has 6 rings (SSSR count). The van der Waals surface area contributed by atoms with Crippen molar-refractivity contribution in [2.75, 3.05) is 31.1 Å². The lowest BCUT2D eigenvalue weighted by molar-refractivity contribution is 0.209. The first-order chi connectivity index (χ1) is 19.9. The number of aromatic nitrogens is 1. The molecule has 0 amide bonds. The third kappa shape index (κ3) is 5.70. The van der Waals surface area contributed by atoms with Crippen LogP contribution in [-0.4, -0.2) is 44.5 Å². The van der Waals surface area contributed by atoms with Gasteiger partial charge in [-0.1, -0.05) is 100 Å². The minimum Gasteiger partial charge on any atom is -0.419 e. The summed E-state index contributed by atoms with van der Waals surface area (Å²) >= 11 is 9.83. The first kappa shape index (κ1) is 27.7. The zero-order chi connectivity index (χ0) is 28.4. The largest absolute Gasteiger partial charge is 0.419 e. The molecule has 0 N–H and O–H groups in total. The Morgan fingerprint density at radius 2 is 1.32 bits per heavy atom. The van der Waals surface area contributed by atoms with E-state index in [1.165, 1.54) is 11.1 Å². The first-order valence-corrected chi connectivity index (χ1v) is 15.9. The second kappa shape index (κ2) is 11.8. The van der Waals surface area contributed by atoms with Crippen molar-refractivity contribution in [3.05, 3.63) is 130 Å². The van der Waals surface area contributed by atoms with Crippen LogP contribution in [0.1, 0.15) is 17.2 Å². The second-order valence-corrected chi connectivity index (χ2v) is 13.0. The Morgan fingerprint density at radius 3 is 1.90 bits per heavy atom. The van der Waals surface area contributed by atoms with E-state index in [4.69, 9.17) is 16.0 Å².